The molecule has 1 heterocycles. The van der Waals surface area contributed by atoms with Crippen LogP contribution in [0.15, 0.2) is 48.0 Å². The standard InChI is InChI=1S/C24H23Cl2NO4/c1-2-31-17-10-7-14(8-11-17)21-20(22(28)15-9-12-18(25)19(26)13-15)23(29)24(30)27(21)16-5-3-4-6-16/h7-13,16,21,28H,2-6H2,1H3/b22-20-. The van der Waals surface area contributed by atoms with Crippen molar-refractivity contribution in [3.8, 4) is 5.75 Å². The fourth-order valence-electron chi connectivity index (χ4n) is 4.45. The second-order valence-electron chi connectivity index (χ2n) is 7.78. The van der Waals surface area contributed by atoms with Crippen LogP contribution < -0.4 is 4.74 Å². The van der Waals surface area contributed by atoms with Crippen molar-refractivity contribution in [2.75, 3.05) is 6.61 Å². The second kappa shape index (κ2) is 8.93. The van der Waals surface area contributed by atoms with Gasteiger partial charge in [-0.25, -0.2) is 0 Å². The topological polar surface area (TPSA) is 66.8 Å². The summed E-state index contributed by atoms with van der Waals surface area (Å²) in [6.07, 6.45) is 3.70. The monoisotopic (exact) mass is 459 g/mol. The van der Waals surface area contributed by atoms with Gasteiger partial charge in [0.2, 0.25) is 0 Å². The van der Waals surface area contributed by atoms with E-state index in [1.807, 2.05) is 31.2 Å². The number of ether oxygens (including phenoxy) is 1. The number of hydrogen-bond donors (Lipinski definition) is 1. The average molecular weight is 460 g/mol. The number of hydrogen-bond acceptors (Lipinski definition) is 4. The molecular weight excluding hydrogens is 437 g/mol. The molecule has 2 aromatic carbocycles. The first-order valence-corrected chi connectivity index (χ1v) is 11.2. The number of nitrogens with zero attached hydrogens (tertiary/aromatic N) is 1. The number of aliphatic hydroxyl groups is 1. The van der Waals surface area contributed by atoms with Crippen molar-refractivity contribution in [2.45, 2.75) is 44.7 Å². The Morgan fingerprint density at radius 1 is 1.06 bits per heavy atom. The lowest BCUT2D eigenvalue weighted by Gasteiger charge is -2.30. The Hall–Kier alpha value is -2.50. The molecule has 0 spiro atoms. The molecule has 5 nitrogen and oxygen atoms in total. The zero-order valence-electron chi connectivity index (χ0n) is 17.1. The summed E-state index contributed by atoms with van der Waals surface area (Å²) >= 11 is 12.1. The summed E-state index contributed by atoms with van der Waals surface area (Å²) in [5, 5.41) is 11.7. The quantitative estimate of drug-likeness (QED) is 0.350. The molecule has 0 aromatic heterocycles. The predicted molar refractivity (Wildman–Crippen MR) is 120 cm³/mol. The lowest BCUT2D eigenvalue weighted by atomic mass is 9.94. The number of amides is 1. The number of ketones is 1. The molecule has 1 amide bonds. The predicted octanol–water partition coefficient (Wildman–Crippen LogP) is 5.76. The molecule has 0 radical (unpaired) electrons. The largest absolute Gasteiger partial charge is 0.507 e. The highest BCUT2D eigenvalue weighted by Gasteiger charge is 2.49. The Kier molecular flexibility index (Phi) is 6.26. The zero-order chi connectivity index (χ0) is 22.1. The van der Waals surface area contributed by atoms with Crippen LogP contribution in [0.1, 0.15) is 49.8 Å². The fourth-order valence-corrected chi connectivity index (χ4v) is 4.75. The number of aliphatic hydroxyl groups excluding tert-OH is 1. The smallest absolute Gasteiger partial charge is 0.295 e. The maximum atomic E-state index is 13.1. The van der Waals surface area contributed by atoms with Crippen molar-refractivity contribution in [1.29, 1.82) is 0 Å². The summed E-state index contributed by atoms with van der Waals surface area (Å²) in [5.41, 5.74) is 1.16. The summed E-state index contributed by atoms with van der Waals surface area (Å²) in [6.45, 7) is 2.44. The Bertz CT molecular complexity index is 1040. The Morgan fingerprint density at radius 2 is 1.74 bits per heavy atom. The molecule has 1 N–H and O–H groups in total. The van der Waals surface area contributed by atoms with Crippen LogP contribution in [0.2, 0.25) is 10.0 Å². The van der Waals surface area contributed by atoms with Gasteiger partial charge in [-0.05, 0) is 55.7 Å². The first-order valence-electron chi connectivity index (χ1n) is 10.4. The van der Waals surface area contributed by atoms with E-state index in [0.717, 1.165) is 31.2 Å². The van der Waals surface area contributed by atoms with Crippen LogP contribution in [-0.4, -0.2) is 34.3 Å². The van der Waals surface area contributed by atoms with Crippen molar-refractivity contribution in [2.24, 2.45) is 0 Å². The van der Waals surface area contributed by atoms with Gasteiger partial charge in [0.15, 0.2) is 0 Å². The van der Waals surface area contributed by atoms with E-state index in [0.29, 0.717) is 22.9 Å². The van der Waals surface area contributed by atoms with Crippen LogP contribution in [0, 0.1) is 0 Å². The van der Waals surface area contributed by atoms with Gasteiger partial charge in [0, 0.05) is 11.6 Å². The minimum absolute atomic E-state index is 0.0351. The number of halogens is 2. The van der Waals surface area contributed by atoms with Crippen molar-refractivity contribution in [3.05, 3.63) is 69.2 Å². The van der Waals surface area contributed by atoms with Gasteiger partial charge in [0.1, 0.15) is 11.5 Å². The third-order valence-corrected chi connectivity index (χ3v) is 6.64. The third-order valence-electron chi connectivity index (χ3n) is 5.90. The number of Topliss-reactive ketones (excluding diaryl/α,β-unsaturated/α-hetero) is 1. The lowest BCUT2D eigenvalue weighted by Crippen LogP contribution is -2.37. The van der Waals surface area contributed by atoms with Crippen LogP contribution in [-0.2, 0) is 9.59 Å². The van der Waals surface area contributed by atoms with E-state index in [4.69, 9.17) is 27.9 Å². The molecule has 1 aliphatic carbocycles. The van der Waals surface area contributed by atoms with Gasteiger partial charge in [0.25, 0.3) is 11.7 Å². The summed E-state index contributed by atoms with van der Waals surface area (Å²) in [7, 11) is 0. The number of rotatable bonds is 5. The number of benzene rings is 2. The molecule has 1 atom stereocenters. The Labute approximate surface area is 191 Å². The Balaban J connectivity index is 1.85. The lowest BCUT2D eigenvalue weighted by molar-refractivity contribution is -0.141. The SMILES string of the molecule is CCOc1ccc(C2/C(=C(/O)c3ccc(Cl)c(Cl)c3)C(=O)C(=O)N2C2CCCC2)cc1. The molecule has 7 heteroatoms. The maximum Gasteiger partial charge on any atom is 0.295 e. The van der Waals surface area contributed by atoms with E-state index in [1.54, 1.807) is 17.0 Å². The van der Waals surface area contributed by atoms with Gasteiger partial charge >= 0.3 is 0 Å². The van der Waals surface area contributed by atoms with E-state index >= 15 is 0 Å². The summed E-state index contributed by atoms with van der Waals surface area (Å²) in [6, 6.07) is 11.2. The highest BCUT2D eigenvalue weighted by atomic mass is 35.5. The maximum absolute atomic E-state index is 13.1. The number of carbonyl (C=O) groups is 2. The molecule has 162 valence electrons. The second-order valence-corrected chi connectivity index (χ2v) is 8.59. The van der Waals surface area contributed by atoms with Crippen LogP contribution in [0.5, 0.6) is 5.75 Å². The van der Waals surface area contributed by atoms with Gasteiger partial charge in [-0.1, -0.05) is 48.2 Å². The molecule has 2 aliphatic rings. The molecule has 1 aliphatic heterocycles. The molecule has 1 unspecified atom stereocenters. The summed E-state index contributed by atoms with van der Waals surface area (Å²) < 4.78 is 5.52. The van der Waals surface area contributed by atoms with E-state index < -0.39 is 17.7 Å². The van der Waals surface area contributed by atoms with Crippen molar-refractivity contribution in [3.63, 3.8) is 0 Å². The van der Waals surface area contributed by atoms with E-state index in [2.05, 4.69) is 0 Å². The van der Waals surface area contributed by atoms with E-state index in [9.17, 15) is 14.7 Å². The fraction of sp³-hybridized carbons (Fsp3) is 0.333. The molecule has 1 saturated heterocycles. The van der Waals surface area contributed by atoms with Crippen LogP contribution >= 0.6 is 23.2 Å². The summed E-state index contributed by atoms with van der Waals surface area (Å²) in [4.78, 5) is 27.8. The van der Waals surface area contributed by atoms with Gasteiger partial charge in [0.05, 0.1) is 28.3 Å². The van der Waals surface area contributed by atoms with Crippen molar-refractivity contribution in [1.82, 2.24) is 4.90 Å². The van der Waals surface area contributed by atoms with Gasteiger partial charge in [-0.15, -0.1) is 0 Å². The van der Waals surface area contributed by atoms with E-state index in [1.165, 1.54) is 6.07 Å². The highest BCUT2D eigenvalue weighted by molar-refractivity contribution is 6.47. The molecule has 2 aromatic rings. The van der Waals surface area contributed by atoms with Gasteiger partial charge in [-0.2, -0.15) is 0 Å². The molecule has 31 heavy (non-hydrogen) atoms. The molecule has 0 bridgehead atoms. The average Bonchev–Trinajstić information content (AvgIpc) is 3.37. The van der Waals surface area contributed by atoms with Gasteiger partial charge < -0.3 is 14.7 Å². The Morgan fingerprint density at radius 3 is 2.35 bits per heavy atom. The third kappa shape index (κ3) is 4.04. The summed E-state index contributed by atoms with van der Waals surface area (Å²) in [5.74, 6) is -0.813. The normalized spacial score (nSPS) is 21.1. The molecular formula is C24H23Cl2NO4. The van der Waals surface area contributed by atoms with Crippen LogP contribution in [0.25, 0.3) is 5.76 Å². The molecule has 4 rings (SSSR count). The van der Waals surface area contributed by atoms with Crippen LogP contribution in [0.3, 0.4) is 0 Å². The van der Waals surface area contributed by atoms with E-state index in [-0.39, 0.29) is 22.4 Å². The van der Waals surface area contributed by atoms with Gasteiger partial charge in [-0.3, -0.25) is 9.59 Å². The highest BCUT2D eigenvalue weighted by Crippen LogP contribution is 2.44. The number of likely N-dealkylation sites (tertiary alicyclic amines) is 1. The minimum atomic E-state index is -0.686. The minimum Gasteiger partial charge on any atom is -0.507 e. The first-order chi connectivity index (χ1) is 14.9. The van der Waals surface area contributed by atoms with Crippen molar-refractivity contribution < 1.29 is 19.4 Å². The van der Waals surface area contributed by atoms with Crippen LogP contribution in [0.4, 0.5) is 0 Å². The molecule has 2 fully saturated rings. The molecule has 1 saturated carbocycles. The zero-order valence-corrected chi connectivity index (χ0v) is 18.6. The number of carbonyl (C=O) groups excluding carboxylic acids is 2. The first kappa shape index (κ1) is 21.7. The van der Waals surface area contributed by atoms with Crippen molar-refractivity contribution >= 4 is 40.7 Å².